The molecule has 0 saturated carbocycles. The third kappa shape index (κ3) is 4.66. The molecule has 1 N–H and O–H groups in total. The van der Waals surface area contributed by atoms with E-state index in [0.717, 1.165) is 44.3 Å². The molecule has 0 saturated heterocycles. The predicted octanol–water partition coefficient (Wildman–Crippen LogP) is 6.20. The molecule has 0 heterocycles. The van der Waals surface area contributed by atoms with Gasteiger partial charge >= 0.3 is 5.97 Å². The summed E-state index contributed by atoms with van der Waals surface area (Å²) in [6, 6.07) is 27.9. The van der Waals surface area contributed by atoms with Gasteiger partial charge in [-0.25, -0.2) is 0 Å². The van der Waals surface area contributed by atoms with Gasteiger partial charge in [-0.05, 0) is 58.1 Å². The lowest BCUT2D eigenvalue weighted by Gasteiger charge is -2.22. The lowest BCUT2D eigenvalue weighted by atomic mass is 9.87. The Morgan fingerprint density at radius 1 is 0.938 bits per heavy atom. The Balaban J connectivity index is 1.83. The van der Waals surface area contributed by atoms with Gasteiger partial charge in [0.05, 0.1) is 6.61 Å². The molecule has 0 aromatic heterocycles. The molecule has 32 heavy (non-hydrogen) atoms. The minimum Gasteiger partial charge on any atom is -0.489 e. The molecule has 0 amide bonds. The van der Waals surface area contributed by atoms with Gasteiger partial charge in [0, 0.05) is 12.5 Å². The van der Waals surface area contributed by atoms with Gasteiger partial charge in [0.2, 0.25) is 0 Å². The highest BCUT2D eigenvalue weighted by atomic mass is 16.5. The zero-order chi connectivity index (χ0) is 22.5. The molecule has 1 unspecified atom stereocenters. The Bertz CT molecular complexity index is 1220. The maximum absolute atomic E-state index is 11.7. The summed E-state index contributed by atoms with van der Waals surface area (Å²) >= 11 is 0. The number of rotatable bonds is 7. The number of aliphatic hydroxyl groups excluding tert-OH is 1. The number of benzene rings is 4. The Hall–Kier alpha value is -3.63. The van der Waals surface area contributed by atoms with Crippen molar-refractivity contribution < 1.29 is 19.4 Å². The van der Waals surface area contributed by atoms with Crippen LogP contribution in [0.1, 0.15) is 36.6 Å². The van der Waals surface area contributed by atoms with Gasteiger partial charge in [-0.2, -0.15) is 0 Å². The van der Waals surface area contributed by atoms with Crippen molar-refractivity contribution in [1.82, 2.24) is 0 Å². The lowest BCUT2D eigenvalue weighted by molar-refractivity contribution is -0.145. The number of carbonyl (C=O) groups is 1. The molecule has 4 heteroatoms. The van der Waals surface area contributed by atoms with E-state index in [2.05, 4.69) is 0 Å². The average Bonchev–Trinajstić information content (AvgIpc) is 2.82. The molecule has 0 fully saturated rings. The van der Waals surface area contributed by atoms with Crippen molar-refractivity contribution >= 4 is 16.7 Å². The number of esters is 1. The summed E-state index contributed by atoms with van der Waals surface area (Å²) in [4.78, 5) is 11.7. The third-order valence-electron chi connectivity index (χ3n) is 5.47. The van der Waals surface area contributed by atoms with Crippen LogP contribution in [0.15, 0.2) is 84.9 Å². The molecule has 1 atom stereocenters. The molecule has 4 nitrogen and oxygen atoms in total. The summed E-state index contributed by atoms with van der Waals surface area (Å²) in [6.45, 7) is 3.55. The van der Waals surface area contributed by atoms with Gasteiger partial charge < -0.3 is 14.6 Å². The van der Waals surface area contributed by atoms with Crippen molar-refractivity contribution in [1.29, 1.82) is 0 Å². The van der Waals surface area contributed by atoms with Crippen LogP contribution in [0.5, 0.6) is 5.75 Å². The van der Waals surface area contributed by atoms with Crippen LogP contribution in [-0.4, -0.2) is 11.1 Å². The predicted molar refractivity (Wildman–Crippen MR) is 126 cm³/mol. The molecule has 0 radical (unpaired) electrons. The first kappa shape index (κ1) is 21.6. The van der Waals surface area contributed by atoms with E-state index < -0.39 is 6.10 Å². The fraction of sp³-hybridized carbons (Fsp3) is 0.179. The van der Waals surface area contributed by atoms with Crippen LogP contribution >= 0.6 is 0 Å². The third-order valence-corrected chi connectivity index (χ3v) is 5.47. The Morgan fingerprint density at radius 3 is 2.28 bits per heavy atom. The van der Waals surface area contributed by atoms with E-state index >= 15 is 0 Å². The molecule has 4 rings (SSSR count). The van der Waals surface area contributed by atoms with Crippen molar-refractivity contribution in [3.63, 3.8) is 0 Å². The summed E-state index contributed by atoms with van der Waals surface area (Å²) in [5, 5.41) is 12.1. The van der Waals surface area contributed by atoms with Crippen LogP contribution in [0.25, 0.3) is 21.9 Å². The lowest BCUT2D eigenvalue weighted by Crippen LogP contribution is -2.10. The van der Waals surface area contributed by atoms with Crippen LogP contribution in [0.2, 0.25) is 0 Å². The smallest absolute Gasteiger partial charge is 0.303 e. The quantitative estimate of drug-likeness (QED) is 0.357. The highest BCUT2D eigenvalue weighted by Gasteiger charge is 2.22. The van der Waals surface area contributed by atoms with Gasteiger partial charge in [0.25, 0.3) is 0 Å². The number of ether oxygens (including phenoxy) is 2. The summed E-state index contributed by atoms with van der Waals surface area (Å²) in [5.74, 6) is 0.398. The van der Waals surface area contributed by atoms with Gasteiger partial charge in [0.1, 0.15) is 18.5 Å². The molecule has 4 aromatic rings. The SMILES string of the molecule is CC(=O)OC(C)c1c(CO)cc2cc(OCc3ccccc3)ccc2c1-c1ccccc1. The van der Waals surface area contributed by atoms with Crippen molar-refractivity contribution in [3.8, 4) is 16.9 Å². The highest BCUT2D eigenvalue weighted by Crippen LogP contribution is 2.40. The first-order valence-corrected chi connectivity index (χ1v) is 10.7. The summed E-state index contributed by atoms with van der Waals surface area (Å²) in [5.41, 5.74) is 4.60. The molecule has 0 aliphatic rings. The Kier molecular flexibility index (Phi) is 6.52. The first-order valence-electron chi connectivity index (χ1n) is 10.7. The van der Waals surface area contributed by atoms with E-state index in [1.54, 1.807) is 0 Å². The minimum absolute atomic E-state index is 0.161. The van der Waals surface area contributed by atoms with Crippen molar-refractivity contribution in [2.45, 2.75) is 33.2 Å². The fourth-order valence-corrected chi connectivity index (χ4v) is 4.11. The Morgan fingerprint density at radius 2 is 1.62 bits per heavy atom. The maximum Gasteiger partial charge on any atom is 0.303 e. The number of carbonyl (C=O) groups excluding carboxylic acids is 1. The topological polar surface area (TPSA) is 55.8 Å². The van der Waals surface area contributed by atoms with E-state index in [-0.39, 0.29) is 12.6 Å². The average molecular weight is 427 g/mol. The normalized spacial score (nSPS) is 11.8. The van der Waals surface area contributed by atoms with E-state index in [4.69, 9.17) is 9.47 Å². The largest absolute Gasteiger partial charge is 0.489 e. The van der Waals surface area contributed by atoms with Gasteiger partial charge in [-0.3, -0.25) is 4.79 Å². The number of hydrogen-bond acceptors (Lipinski definition) is 4. The van der Waals surface area contributed by atoms with E-state index in [1.807, 2.05) is 91.9 Å². The molecule has 0 spiro atoms. The molecular weight excluding hydrogens is 400 g/mol. The number of hydrogen-bond donors (Lipinski definition) is 1. The summed E-state index contributed by atoms with van der Waals surface area (Å²) < 4.78 is 11.5. The van der Waals surface area contributed by atoms with Crippen molar-refractivity contribution in [2.24, 2.45) is 0 Å². The second-order valence-electron chi connectivity index (χ2n) is 7.76. The van der Waals surface area contributed by atoms with Crippen LogP contribution in [0.3, 0.4) is 0 Å². The molecule has 4 aromatic carbocycles. The van der Waals surface area contributed by atoms with Crippen LogP contribution in [0.4, 0.5) is 0 Å². The minimum atomic E-state index is -0.497. The van der Waals surface area contributed by atoms with Crippen LogP contribution in [-0.2, 0) is 22.7 Å². The summed E-state index contributed by atoms with van der Waals surface area (Å²) in [7, 11) is 0. The first-order chi connectivity index (χ1) is 15.6. The Labute approximate surface area is 188 Å². The van der Waals surface area contributed by atoms with E-state index in [1.165, 1.54) is 6.92 Å². The van der Waals surface area contributed by atoms with Crippen molar-refractivity contribution in [2.75, 3.05) is 0 Å². The molecule has 0 aliphatic carbocycles. The maximum atomic E-state index is 11.7. The molecular formula is C28H26O4. The zero-order valence-electron chi connectivity index (χ0n) is 18.2. The van der Waals surface area contributed by atoms with E-state index in [0.29, 0.717) is 6.61 Å². The second kappa shape index (κ2) is 9.67. The number of aliphatic hydroxyl groups is 1. The standard InChI is InChI=1S/C28H26O4/c1-19(32-20(2)30)27-24(17-29)15-23-16-25(31-18-21-9-5-3-6-10-21)13-14-26(23)28(27)22-11-7-4-8-12-22/h3-16,19,29H,17-18H2,1-2H3. The van der Waals surface area contributed by atoms with Crippen LogP contribution in [0, 0.1) is 0 Å². The number of fused-ring (bicyclic) bond motifs is 1. The monoisotopic (exact) mass is 426 g/mol. The molecule has 0 aliphatic heterocycles. The molecule has 162 valence electrons. The van der Waals surface area contributed by atoms with Crippen molar-refractivity contribution in [3.05, 3.63) is 102 Å². The van der Waals surface area contributed by atoms with E-state index in [9.17, 15) is 9.90 Å². The van der Waals surface area contributed by atoms with Crippen LogP contribution < -0.4 is 4.74 Å². The fourth-order valence-electron chi connectivity index (χ4n) is 4.11. The summed E-state index contributed by atoms with van der Waals surface area (Å²) in [6.07, 6.45) is -0.497. The van der Waals surface area contributed by atoms with Gasteiger partial charge in [-0.15, -0.1) is 0 Å². The second-order valence-corrected chi connectivity index (χ2v) is 7.76. The van der Waals surface area contributed by atoms with Gasteiger partial charge in [0.15, 0.2) is 0 Å². The zero-order valence-corrected chi connectivity index (χ0v) is 18.2. The molecule has 0 bridgehead atoms. The van der Waals surface area contributed by atoms with Gasteiger partial charge in [-0.1, -0.05) is 66.7 Å². The highest BCUT2D eigenvalue weighted by molar-refractivity contribution is 6.00.